The molecule has 0 spiro atoms. The van der Waals surface area contributed by atoms with E-state index in [-0.39, 0.29) is 4.90 Å². The van der Waals surface area contributed by atoms with Gasteiger partial charge in [0.25, 0.3) is 10.0 Å². The summed E-state index contributed by atoms with van der Waals surface area (Å²) in [6.45, 7) is 0. The van der Waals surface area contributed by atoms with Gasteiger partial charge in [0.15, 0.2) is 11.5 Å². The van der Waals surface area contributed by atoms with E-state index < -0.39 is 10.0 Å². The van der Waals surface area contributed by atoms with Crippen LogP contribution in [0, 0.1) is 0 Å². The molecule has 4 aromatic carbocycles. The number of methoxy groups -OCH3 is 2. The van der Waals surface area contributed by atoms with Gasteiger partial charge in [0.2, 0.25) is 0 Å². The monoisotopic (exact) mass is 512 g/mol. The van der Waals surface area contributed by atoms with E-state index >= 15 is 0 Å². The van der Waals surface area contributed by atoms with Crippen molar-refractivity contribution < 1.29 is 22.6 Å². The molecule has 0 radical (unpaired) electrons. The molecule has 5 rings (SSSR count). The number of hydrogen-bond donors (Lipinski definition) is 1. The molecular formula is C29H24N2O5S. The van der Waals surface area contributed by atoms with Gasteiger partial charge in [-0.2, -0.15) is 0 Å². The van der Waals surface area contributed by atoms with Gasteiger partial charge < -0.3 is 14.2 Å². The van der Waals surface area contributed by atoms with Crippen molar-refractivity contribution in [3.63, 3.8) is 0 Å². The van der Waals surface area contributed by atoms with Crippen molar-refractivity contribution in [3.8, 4) is 34.1 Å². The molecule has 5 aromatic rings. The van der Waals surface area contributed by atoms with Crippen LogP contribution in [0.4, 0.5) is 5.69 Å². The number of pyridine rings is 1. The number of rotatable bonds is 8. The van der Waals surface area contributed by atoms with Crippen molar-refractivity contribution >= 4 is 26.6 Å². The van der Waals surface area contributed by atoms with Gasteiger partial charge in [-0.05, 0) is 59.7 Å². The van der Waals surface area contributed by atoms with Crippen molar-refractivity contribution in [3.05, 3.63) is 103 Å². The summed E-state index contributed by atoms with van der Waals surface area (Å²) in [5.41, 5.74) is 2.88. The predicted molar refractivity (Wildman–Crippen MR) is 144 cm³/mol. The van der Waals surface area contributed by atoms with E-state index in [0.717, 1.165) is 16.5 Å². The molecule has 0 aliphatic heterocycles. The molecule has 7 nitrogen and oxygen atoms in total. The highest BCUT2D eigenvalue weighted by Crippen LogP contribution is 2.37. The fourth-order valence-corrected chi connectivity index (χ4v) is 5.05. The fourth-order valence-electron chi connectivity index (χ4n) is 3.94. The Hall–Kier alpha value is -4.56. The number of fused-ring (bicyclic) bond motifs is 1. The first kappa shape index (κ1) is 24.1. The van der Waals surface area contributed by atoms with Gasteiger partial charge in [0.1, 0.15) is 11.5 Å². The van der Waals surface area contributed by atoms with Crippen LogP contribution in [-0.4, -0.2) is 27.6 Å². The molecule has 0 aliphatic carbocycles. The molecular weight excluding hydrogens is 488 g/mol. The van der Waals surface area contributed by atoms with E-state index in [1.807, 2.05) is 42.5 Å². The molecule has 0 aliphatic rings. The minimum Gasteiger partial charge on any atom is -0.493 e. The number of ether oxygens (including phenoxy) is 3. The Kier molecular flexibility index (Phi) is 6.66. The number of sulfonamides is 1. The molecule has 0 saturated carbocycles. The first-order valence-corrected chi connectivity index (χ1v) is 12.9. The molecule has 0 unspecified atom stereocenters. The van der Waals surface area contributed by atoms with E-state index in [2.05, 4.69) is 9.71 Å². The number of nitrogens with one attached hydrogen (secondary N) is 1. The van der Waals surface area contributed by atoms with Crippen molar-refractivity contribution in [2.24, 2.45) is 0 Å². The Labute approximate surface area is 215 Å². The maximum atomic E-state index is 13.0. The minimum atomic E-state index is -3.78. The van der Waals surface area contributed by atoms with Crippen LogP contribution in [0.3, 0.4) is 0 Å². The Morgan fingerprint density at radius 1 is 0.703 bits per heavy atom. The molecule has 1 aromatic heterocycles. The average molecular weight is 513 g/mol. The summed E-state index contributed by atoms with van der Waals surface area (Å²) in [4.78, 5) is 4.57. The summed E-state index contributed by atoms with van der Waals surface area (Å²) in [7, 11) is -0.647. The first-order valence-electron chi connectivity index (χ1n) is 11.4. The second-order valence-corrected chi connectivity index (χ2v) is 9.84. The summed E-state index contributed by atoms with van der Waals surface area (Å²) in [6, 6.07) is 28.5. The van der Waals surface area contributed by atoms with Crippen LogP contribution in [0.5, 0.6) is 23.0 Å². The van der Waals surface area contributed by atoms with Crippen molar-refractivity contribution in [1.29, 1.82) is 0 Å². The van der Waals surface area contributed by atoms with E-state index in [1.165, 1.54) is 0 Å². The van der Waals surface area contributed by atoms with Crippen molar-refractivity contribution in [2.45, 2.75) is 4.90 Å². The summed E-state index contributed by atoms with van der Waals surface area (Å²) in [5.74, 6) is 2.26. The third-order valence-electron chi connectivity index (χ3n) is 5.79. The van der Waals surface area contributed by atoms with Gasteiger partial charge in [-0.25, -0.2) is 8.42 Å². The SMILES string of the molecule is COc1cc2nccc(Oc3ccc(NS(=O)(=O)c4cccc(-c5ccccc5)c4)cc3)c2cc1OC. The Morgan fingerprint density at radius 3 is 2.14 bits per heavy atom. The first-order chi connectivity index (χ1) is 18.0. The van der Waals surface area contributed by atoms with Crippen LogP contribution in [-0.2, 0) is 10.0 Å². The van der Waals surface area contributed by atoms with Crippen molar-refractivity contribution in [1.82, 2.24) is 4.98 Å². The number of aromatic nitrogens is 1. The van der Waals surface area contributed by atoms with Crippen LogP contribution in [0.15, 0.2) is 108 Å². The zero-order valence-corrected chi connectivity index (χ0v) is 21.0. The van der Waals surface area contributed by atoms with Gasteiger partial charge in [-0.1, -0.05) is 42.5 Å². The fraction of sp³-hybridized carbons (Fsp3) is 0.0690. The molecule has 186 valence electrons. The van der Waals surface area contributed by atoms with Gasteiger partial charge in [-0.3, -0.25) is 9.71 Å². The zero-order chi connectivity index (χ0) is 25.8. The van der Waals surface area contributed by atoms with Crippen LogP contribution >= 0.6 is 0 Å². The largest absolute Gasteiger partial charge is 0.493 e. The van der Waals surface area contributed by atoms with Gasteiger partial charge >= 0.3 is 0 Å². The van der Waals surface area contributed by atoms with Gasteiger partial charge in [0.05, 0.1) is 24.6 Å². The molecule has 1 heterocycles. The normalized spacial score (nSPS) is 11.2. The highest BCUT2D eigenvalue weighted by atomic mass is 32.2. The summed E-state index contributed by atoms with van der Waals surface area (Å²) < 4.78 is 45.6. The quantitative estimate of drug-likeness (QED) is 0.255. The lowest BCUT2D eigenvalue weighted by atomic mass is 10.1. The third-order valence-corrected chi connectivity index (χ3v) is 7.17. The highest BCUT2D eigenvalue weighted by molar-refractivity contribution is 7.92. The van der Waals surface area contributed by atoms with Crippen LogP contribution in [0.25, 0.3) is 22.0 Å². The molecule has 0 atom stereocenters. The van der Waals surface area contributed by atoms with Crippen LogP contribution in [0.1, 0.15) is 0 Å². The van der Waals surface area contributed by atoms with Crippen LogP contribution in [0.2, 0.25) is 0 Å². The van der Waals surface area contributed by atoms with Gasteiger partial charge in [-0.15, -0.1) is 0 Å². The summed E-state index contributed by atoms with van der Waals surface area (Å²) in [5, 5.41) is 0.753. The lowest BCUT2D eigenvalue weighted by Crippen LogP contribution is -2.12. The minimum absolute atomic E-state index is 0.182. The molecule has 0 bridgehead atoms. The second kappa shape index (κ2) is 10.2. The molecule has 0 saturated heterocycles. The maximum Gasteiger partial charge on any atom is 0.261 e. The zero-order valence-electron chi connectivity index (χ0n) is 20.2. The number of benzene rings is 4. The Balaban J connectivity index is 1.36. The second-order valence-electron chi connectivity index (χ2n) is 8.16. The molecule has 8 heteroatoms. The predicted octanol–water partition coefficient (Wildman–Crippen LogP) is 6.51. The van der Waals surface area contributed by atoms with Gasteiger partial charge in [0, 0.05) is 23.3 Å². The molecule has 1 N–H and O–H groups in total. The maximum absolute atomic E-state index is 13.0. The lowest BCUT2D eigenvalue weighted by molar-refractivity contribution is 0.355. The smallest absolute Gasteiger partial charge is 0.261 e. The lowest BCUT2D eigenvalue weighted by Gasteiger charge is -2.13. The van der Waals surface area contributed by atoms with E-state index in [4.69, 9.17) is 14.2 Å². The molecule has 0 amide bonds. The molecule has 0 fully saturated rings. The van der Waals surface area contributed by atoms with E-state index in [0.29, 0.717) is 34.2 Å². The Bertz CT molecular complexity index is 1650. The van der Waals surface area contributed by atoms with E-state index in [1.54, 1.807) is 75.0 Å². The van der Waals surface area contributed by atoms with Crippen LogP contribution < -0.4 is 18.9 Å². The summed E-state index contributed by atoms with van der Waals surface area (Å²) in [6.07, 6.45) is 1.65. The average Bonchev–Trinajstić information content (AvgIpc) is 2.94. The third kappa shape index (κ3) is 5.19. The number of hydrogen-bond acceptors (Lipinski definition) is 6. The Morgan fingerprint density at radius 2 is 1.41 bits per heavy atom. The molecule has 37 heavy (non-hydrogen) atoms. The van der Waals surface area contributed by atoms with Crippen molar-refractivity contribution in [2.75, 3.05) is 18.9 Å². The topological polar surface area (TPSA) is 86.8 Å². The highest BCUT2D eigenvalue weighted by Gasteiger charge is 2.16. The standard InChI is InChI=1S/C29H24N2O5S/c1-34-28-18-25-26(19-29(28)35-2)30-16-15-27(25)36-23-13-11-22(12-14-23)31-37(32,33)24-10-6-9-21(17-24)20-7-4-3-5-8-20/h3-19,31H,1-2H3. The summed E-state index contributed by atoms with van der Waals surface area (Å²) >= 11 is 0. The van der Waals surface area contributed by atoms with E-state index in [9.17, 15) is 8.42 Å². The number of anilines is 1. The number of nitrogens with zero attached hydrogens (tertiary/aromatic N) is 1.